The van der Waals surface area contributed by atoms with Crippen LogP contribution < -0.4 is 4.72 Å². The van der Waals surface area contributed by atoms with Gasteiger partial charge in [-0.15, -0.1) is 0 Å². The lowest BCUT2D eigenvalue weighted by Crippen LogP contribution is -2.16. The number of halogens is 6. The number of nitrogens with one attached hydrogen (secondary N) is 1. The molecule has 0 aliphatic heterocycles. The van der Waals surface area contributed by atoms with Crippen molar-refractivity contribution in [3.05, 3.63) is 58.6 Å². The first kappa shape index (κ1) is 17.5. The highest BCUT2D eigenvalue weighted by atomic mass is 35.5. The maximum atomic E-state index is 13.5. The zero-order valence-electron chi connectivity index (χ0n) is 11.0. The van der Waals surface area contributed by atoms with Crippen LogP contribution in [0.2, 0.25) is 5.02 Å². The molecule has 0 heterocycles. The van der Waals surface area contributed by atoms with Gasteiger partial charge in [0.25, 0.3) is 10.0 Å². The fourth-order valence-corrected chi connectivity index (χ4v) is 3.00. The van der Waals surface area contributed by atoms with Crippen molar-refractivity contribution in [2.75, 3.05) is 4.72 Å². The maximum absolute atomic E-state index is 13.5. The Bertz CT molecular complexity index is 832. The van der Waals surface area contributed by atoms with E-state index in [2.05, 4.69) is 0 Å². The van der Waals surface area contributed by atoms with Crippen molar-refractivity contribution in [2.24, 2.45) is 0 Å². The summed E-state index contributed by atoms with van der Waals surface area (Å²) in [5.41, 5.74) is -2.37. The van der Waals surface area contributed by atoms with Crippen LogP contribution in [0.15, 0.2) is 41.3 Å². The van der Waals surface area contributed by atoms with Gasteiger partial charge in [0.05, 0.1) is 15.5 Å². The molecule has 0 amide bonds. The molecular formula is C13H7ClF5NO2S. The first-order valence-electron chi connectivity index (χ1n) is 5.86. The van der Waals surface area contributed by atoms with Crippen LogP contribution in [-0.2, 0) is 16.2 Å². The summed E-state index contributed by atoms with van der Waals surface area (Å²) in [4.78, 5) is -0.836. The molecule has 0 aromatic heterocycles. The van der Waals surface area contributed by atoms with Gasteiger partial charge in [-0.25, -0.2) is 17.2 Å². The zero-order chi connectivity index (χ0) is 17.4. The molecule has 0 spiro atoms. The van der Waals surface area contributed by atoms with Gasteiger partial charge in [0, 0.05) is 0 Å². The number of anilines is 1. The van der Waals surface area contributed by atoms with Crippen molar-refractivity contribution in [1.82, 2.24) is 0 Å². The molecule has 0 aliphatic carbocycles. The minimum absolute atomic E-state index is 0.281. The van der Waals surface area contributed by atoms with Crippen molar-refractivity contribution >= 4 is 27.3 Å². The van der Waals surface area contributed by atoms with Gasteiger partial charge in [-0.3, -0.25) is 4.72 Å². The molecule has 1 N–H and O–H groups in total. The summed E-state index contributed by atoms with van der Waals surface area (Å²) >= 11 is 5.39. The second-order valence-electron chi connectivity index (χ2n) is 4.34. The largest absolute Gasteiger partial charge is 0.417 e. The van der Waals surface area contributed by atoms with Crippen LogP contribution in [0.25, 0.3) is 0 Å². The van der Waals surface area contributed by atoms with E-state index in [0.717, 1.165) is 30.3 Å². The number of hydrogen-bond donors (Lipinski definition) is 1. The summed E-state index contributed by atoms with van der Waals surface area (Å²) in [6.07, 6.45) is -4.88. The quantitative estimate of drug-likeness (QED) is 0.811. The highest BCUT2D eigenvalue weighted by Gasteiger charge is 2.34. The molecular weight excluding hydrogens is 365 g/mol. The molecule has 0 saturated carbocycles. The van der Waals surface area contributed by atoms with E-state index >= 15 is 0 Å². The van der Waals surface area contributed by atoms with Crippen LogP contribution in [0.1, 0.15) is 5.56 Å². The molecule has 0 bridgehead atoms. The molecule has 2 aromatic rings. The number of sulfonamides is 1. The molecule has 3 nitrogen and oxygen atoms in total. The standard InChI is InChI=1S/C13H7ClF5NO2S/c14-9-5-4-7(6-8(9)13(17,18)19)23(21,22)20-12-10(15)2-1-3-11(12)16/h1-6,20H. The zero-order valence-corrected chi connectivity index (χ0v) is 12.5. The van der Waals surface area contributed by atoms with Gasteiger partial charge in [-0.05, 0) is 30.3 Å². The van der Waals surface area contributed by atoms with E-state index in [1.807, 2.05) is 0 Å². The molecule has 124 valence electrons. The van der Waals surface area contributed by atoms with Gasteiger partial charge in [-0.2, -0.15) is 13.2 Å². The number of alkyl halides is 3. The normalized spacial score (nSPS) is 12.3. The number of benzene rings is 2. The van der Waals surface area contributed by atoms with E-state index in [0.29, 0.717) is 0 Å². The fraction of sp³-hybridized carbons (Fsp3) is 0.0769. The van der Waals surface area contributed by atoms with Crippen molar-refractivity contribution < 1.29 is 30.4 Å². The van der Waals surface area contributed by atoms with Gasteiger partial charge in [0.1, 0.15) is 17.3 Å². The Morgan fingerprint density at radius 2 is 1.57 bits per heavy atom. The minimum atomic E-state index is -4.88. The van der Waals surface area contributed by atoms with Crippen LogP contribution in [-0.4, -0.2) is 8.42 Å². The number of para-hydroxylation sites is 1. The Balaban J connectivity index is 2.49. The van der Waals surface area contributed by atoms with E-state index in [1.165, 1.54) is 0 Å². The molecule has 0 atom stereocenters. The highest BCUT2D eigenvalue weighted by Crippen LogP contribution is 2.36. The van der Waals surface area contributed by atoms with Crippen LogP contribution in [0.5, 0.6) is 0 Å². The van der Waals surface area contributed by atoms with Crippen LogP contribution in [0.4, 0.5) is 27.6 Å². The van der Waals surface area contributed by atoms with Gasteiger partial charge >= 0.3 is 6.18 Å². The van der Waals surface area contributed by atoms with Crippen molar-refractivity contribution in [3.63, 3.8) is 0 Å². The lowest BCUT2D eigenvalue weighted by Gasteiger charge is -2.13. The molecule has 0 saturated heterocycles. The lowest BCUT2D eigenvalue weighted by atomic mass is 10.2. The molecule has 2 aromatic carbocycles. The molecule has 23 heavy (non-hydrogen) atoms. The van der Waals surface area contributed by atoms with E-state index < -0.39 is 49.0 Å². The van der Waals surface area contributed by atoms with Crippen LogP contribution in [0.3, 0.4) is 0 Å². The summed E-state index contributed by atoms with van der Waals surface area (Å²) < 4.78 is 90.8. The minimum Gasteiger partial charge on any atom is -0.274 e. The second kappa shape index (κ2) is 5.97. The first-order chi connectivity index (χ1) is 10.5. The van der Waals surface area contributed by atoms with Gasteiger partial charge in [0.15, 0.2) is 0 Å². The third-order valence-electron chi connectivity index (χ3n) is 2.75. The smallest absolute Gasteiger partial charge is 0.274 e. The average molecular weight is 372 g/mol. The second-order valence-corrected chi connectivity index (χ2v) is 6.43. The summed E-state index contributed by atoms with van der Waals surface area (Å²) in [6, 6.07) is 4.40. The Kier molecular flexibility index (Phi) is 4.54. The summed E-state index contributed by atoms with van der Waals surface area (Å²) in [6.45, 7) is 0. The fourth-order valence-electron chi connectivity index (χ4n) is 1.68. The Morgan fingerprint density at radius 1 is 1.00 bits per heavy atom. The predicted octanol–water partition coefficient (Wildman–Crippen LogP) is 4.44. The molecule has 0 aliphatic rings. The third-order valence-corrected chi connectivity index (χ3v) is 4.43. The highest BCUT2D eigenvalue weighted by molar-refractivity contribution is 7.92. The number of hydrogen-bond acceptors (Lipinski definition) is 2. The van der Waals surface area contributed by atoms with Gasteiger partial charge in [0.2, 0.25) is 0 Å². The molecule has 0 radical (unpaired) electrons. The summed E-state index contributed by atoms with van der Waals surface area (Å²) in [7, 11) is -4.65. The van der Waals surface area contributed by atoms with Crippen molar-refractivity contribution in [2.45, 2.75) is 11.1 Å². The Morgan fingerprint density at radius 3 is 2.09 bits per heavy atom. The first-order valence-corrected chi connectivity index (χ1v) is 7.72. The molecule has 10 heteroatoms. The number of rotatable bonds is 3. The average Bonchev–Trinajstić information content (AvgIpc) is 2.42. The third kappa shape index (κ3) is 3.73. The topological polar surface area (TPSA) is 46.2 Å². The Labute approximate surface area is 132 Å². The maximum Gasteiger partial charge on any atom is 0.417 e. The summed E-state index contributed by atoms with van der Waals surface area (Å²) in [5, 5.41) is -0.700. The van der Waals surface area contributed by atoms with Crippen molar-refractivity contribution in [3.8, 4) is 0 Å². The molecule has 0 unspecified atom stereocenters. The van der Waals surface area contributed by atoms with E-state index in [4.69, 9.17) is 11.6 Å². The van der Waals surface area contributed by atoms with E-state index in [9.17, 15) is 30.4 Å². The summed E-state index contributed by atoms with van der Waals surface area (Å²) in [5.74, 6) is -2.42. The van der Waals surface area contributed by atoms with Gasteiger partial charge < -0.3 is 0 Å². The monoisotopic (exact) mass is 371 g/mol. The predicted molar refractivity (Wildman–Crippen MR) is 73.6 cm³/mol. The Hall–Kier alpha value is -1.87. The molecule has 2 rings (SSSR count). The van der Waals surface area contributed by atoms with Gasteiger partial charge in [-0.1, -0.05) is 17.7 Å². The van der Waals surface area contributed by atoms with Crippen molar-refractivity contribution in [1.29, 1.82) is 0 Å². The van der Waals surface area contributed by atoms with E-state index in [-0.39, 0.29) is 6.07 Å². The lowest BCUT2D eigenvalue weighted by molar-refractivity contribution is -0.137. The van der Waals surface area contributed by atoms with Crippen LogP contribution in [0, 0.1) is 11.6 Å². The SMILES string of the molecule is O=S(=O)(Nc1c(F)cccc1F)c1ccc(Cl)c(C(F)(F)F)c1. The molecule has 0 fully saturated rings. The van der Waals surface area contributed by atoms with Crippen LogP contribution >= 0.6 is 11.6 Å². The van der Waals surface area contributed by atoms with E-state index in [1.54, 1.807) is 4.72 Å².